The van der Waals surface area contributed by atoms with Gasteiger partial charge in [0.1, 0.15) is 4.90 Å². The molecule has 3 heterocycles. The lowest BCUT2D eigenvalue weighted by Crippen LogP contribution is -2.49. The van der Waals surface area contributed by atoms with E-state index >= 15 is 0 Å². The Bertz CT molecular complexity index is 763. The van der Waals surface area contributed by atoms with Gasteiger partial charge in [-0.1, -0.05) is 0 Å². The van der Waals surface area contributed by atoms with E-state index in [0.717, 1.165) is 0 Å². The lowest BCUT2D eigenvalue weighted by atomic mass is 9.92. The molecule has 0 radical (unpaired) electrons. The molecule has 27 heavy (non-hydrogen) atoms. The van der Waals surface area contributed by atoms with Gasteiger partial charge < -0.3 is 4.90 Å². The van der Waals surface area contributed by atoms with Crippen molar-refractivity contribution in [3.63, 3.8) is 0 Å². The molecule has 0 spiro atoms. The minimum absolute atomic E-state index is 0.0507. The lowest BCUT2D eigenvalue weighted by Gasteiger charge is -2.38. The van der Waals surface area contributed by atoms with E-state index in [-0.39, 0.29) is 36.9 Å². The Kier molecular flexibility index (Phi) is 5.76. The summed E-state index contributed by atoms with van der Waals surface area (Å²) < 4.78 is 65.3. The summed E-state index contributed by atoms with van der Waals surface area (Å²) in [5, 5.41) is 0. The van der Waals surface area contributed by atoms with Gasteiger partial charge in [0.05, 0.1) is 5.92 Å². The van der Waals surface area contributed by atoms with Crippen LogP contribution in [-0.4, -0.2) is 60.9 Å². The zero-order valence-electron chi connectivity index (χ0n) is 14.7. The third kappa shape index (κ3) is 4.43. The van der Waals surface area contributed by atoms with Gasteiger partial charge >= 0.3 is 6.18 Å². The second-order valence-electron chi connectivity index (χ2n) is 7.03. The van der Waals surface area contributed by atoms with E-state index in [2.05, 4.69) is 4.98 Å². The van der Waals surface area contributed by atoms with E-state index < -0.39 is 28.0 Å². The Balaban J connectivity index is 1.60. The van der Waals surface area contributed by atoms with Crippen molar-refractivity contribution in [2.24, 2.45) is 11.8 Å². The fourth-order valence-corrected chi connectivity index (χ4v) is 5.13. The number of aromatic nitrogens is 1. The van der Waals surface area contributed by atoms with Gasteiger partial charge in [0, 0.05) is 44.5 Å². The highest BCUT2D eigenvalue weighted by molar-refractivity contribution is 7.89. The molecule has 1 atom stereocenters. The van der Waals surface area contributed by atoms with Gasteiger partial charge in [-0.15, -0.1) is 0 Å². The quantitative estimate of drug-likeness (QED) is 0.774. The van der Waals surface area contributed by atoms with Crippen molar-refractivity contribution < 1.29 is 26.4 Å². The number of rotatable bonds is 3. The minimum Gasteiger partial charge on any atom is -0.342 e. The van der Waals surface area contributed by atoms with E-state index in [0.29, 0.717) is 25.8 Å². The Morgan fingerprint density at radius 1 is 1.15 bits per heavy atom. The third-order valence-corrected chi connectivity index (χ3v) is 7.15. The molecule has 2 aliphatic rings. The summed E-state index contributed by atoms with van der Waals surface area (Å²) >= 11 is 0. The topological polar surface area (TPSA) is 70.6 Å². The number of carbonyl (C=O) groups is 1. The Labute approximate surface area is 156 Å². The largest absolute Gasteiger partial charge is 0.393 e. The standard InChI is InChI=1S/C17H22F3N3O3S/c18-17(19,20)14-3-2-8-22(12-14)16(24)13-5-9-23(10-6-13)27(25,26)15-4-1-7-21-11-15/h1,4,7,11,13-14H,2-3,5-6,8-10,12H2/t14-/m1/s1. The number of amides is 1. The predicted octanol–water partition coefficient (Wildman–Crippen LogP) is 2.28. The molecular weight excluding hydrogens is 383 g/mol. The number of piperidine rings is 2. The summed E-state index contributed by atoms with van der Waals surface area (Å²) in [5.74, 6) is -2.19. The van der Waals surface area contributed by atoms with E-state index in [1.54, 1.807) is 0 Å². The highest BCUT2D eigenvalue weighted by Crippen LogP contribution is 2.34. The number of likely N-dealkylation sites (tertiary alicyclic amines) is 1. The molecule has 1 aromatic rings. The summed E-state index contributed by atoms with van der Waals surface area (Å²) in [6, 6.07) is 3.00. The van der Waals surface area contributed by atoms with Crippen molar-refractivity contribution in [3.8, 4) is 0 Å². The van der Waals surface area contributed by atoms with Crippen LogP contribution in [-0.2, 0) is 14.8 Å². The van der Waals surface area contributed by atoms with Gasteiger partial charge in [0.2, 0.25) is 15.9 Å². The Morgan fingerprint density at radius 3 is 2.44 bits per heavy atom. The first-order valence-corrected chi connectivity index (χ1v) is 10.4. The Hall–Kier alpha value is -1.68. The average molecular weight is 405 g/mol. The second kappa shape index (κ2) is 7.75. The number of hydrogen-bond acceptors (Lipinski definition) is 4. The number of sulfonamides is 1. The maximum atomic E-state index is 12.9. The number of hydrogen-bond donors (Lipinski definition) is 0. The summed E-state index contributed by atoms with van der Waals surface area (Å²) in [5.41, 5.74) is 0. The molecule has 150 valence electrons. The van der Waals surface area contributed by atoms with Crippen LogP contribution in [0.25, 0.3) is 0 Å². The number of carbonyl (C=O) groups excluding carboxylic acids is 1. The molecule has 0 N–H and O–H groups in total. The van der Waals surface area contributed by atoms with Crippen molar-refractivity contribution in [2.45, 2.75) is 36.8 Å². The van der Waals surface area contributed by atoms with Crippen molar-refractivity contribution in [1.29, 1.82) is 0 Å². The van der Waals surface area contributed by atoms with Gasteiger partial charge in [0.25, 0.3) is 0 Å². The molecule has 0 aromatic carbocycles. The molecule has 2 fully saturated rings. The van der Waals surface area contributed by atoms with Crippen LogP contribution in [0, 0.1) is 11.8 Å². The molecule has 3 rings (SSSR count). The molecule has 6 nitrogen and oxygen atoms in total. The predicted molar refractivity (Wildman–Crippen MR) is 91.1 cm³/mol. The number of pyridine rings is 1. The fraction of sp³-hybridized carbons (Fsp3) is 0.647. The zero-order valence-corrected chi connectivity index (χ0v) is 15.5. The molecule has 0 bridgehead atoms. The van der Waals surface area contributed by atoms with Gasteiger partial charge in [-0.2, -0.15) is 17.5 Å². The normalized spacial score (nSPS) is 23.4. The summed E-state index contributed by atoms with van der Waals surface area (Å²) in [4.78, 5) is 17.9. The smallest absolute Gasteiger partial charge is 0.342 e. The first-order valence-electron chi connectivity index (χ1n) is 8.95. The van der Waals surface area contributed by atoms with Gasteiger partial charge in [0.15, 0.2) is 0 Å². The maximum Gasteiger partial charge on any atom is 0.393 e. The molecule has 1 amide bonds. The SMILES string of the molecule is O=C(C1CCN(S(=O)(=O)c2cccnc2)CC1)N1CCC[C@@H](C(F)(F)F)C1. The van der Waals surface area contributed by atoms with Crippen molar-refractivity contribution in [2.75, 3.05) is 26.2 Å². The van der Waals surface area contributed by atoms with E-state index in [1.165, 1.54) is 33.7 Å². The van der Waals surface area contributed by atoms with Crippen LogP contribution < -0.4 is 0 Å². The number of alkyl halides is 3. The summed E-state index contributed by atoms with van der Waals surface area (Å²) in [6.07, 6.45) is -0.523. The molecule has 1 aromatic heterocycles. The van der Waals surface area contributed by atoms with Crippen LogP contribution in [0.3, 0.4) is 0 Å². The van der Waals surface area contributed by atoms with Crippen molar-refractivity contribution in [1.82, 2.24) is 14.2 Å². The van der Waals surface area contributed by atoms with Gasteiger partial charge in [-0.25, -0.2) is 8.42 Å². The maximum absolute atomic E-state index is 12.9. The molecule has 10 heteroatoms. The lowest BCUT2D eigenvalue weighted by molar-refractivity contribution is -0.188. The van der Waals surface area contributed by atoms with Gasteiger partial charge in [-0.05, 0) is 37.8 Å². The van der Waals surface area contributed by atoms with E-state index in [4.69, 9.17) is 0 Å². The van der Waals surface area contributed by atoms with Crippen molar-refractivity contribution in [3.05, 3.63) is 24.5 Å². The summed E-state index contributed by atoms with van der Waals surface area (Å²) in [7, 11) is -3.67. The number of nitrogens with zero attached hydrogens (tertiary/aromatic N) is 3. The first-order chi connectivity index (χ1) is 12.7. The zero-order chi connectivity index (χ0) is 19.7. The van der Waals surface area contributed by atoms with E-state index in [1.807, 2.05) is 0 Å². The van der Waals surface area contributed by atoms with Crippen LogP contribution >= 0.6 is 0 Å². The highest BCUT2D eigenvalue weighted by atomic mass is 32.2. The van der Waals surface area contributed by atoms with Crippen LogP contribution in [0.1, 0.15) is 25.7 Å². The molecule has 2 aliphatic heterocycles. The van der Waals surface area contributed by atoms with Crippen molar-refractivity contribution >= 4 is 15.9 Å². The molecular formula is C17H22F3N3O3S. The highest BCUT2D eigenvalue weighted by Gasteiger charge is 2.44. The molecule has 0 saturated carbocycles. The molecule has 2 saturated heterocycles. The van der Waals surface area contributed by atoms with Crippen LogP contribution in [0.2, 0.25) is 0 Å². The minimum atomic E-state index is -4.29. The van der Waals surface area contributed by atoms with Gasteiger partial charge in [-0.3, -0.25) is 9.78 Å². The third-order valence-electron chi connectivity index (χ3n) is 5.27. The molecule has 0 unspecified atom stereocenters. The first kappa shape index (κ1) is 20.1. The second-order valence-corrected chi connectivity index (χ2v) is 8.97. The monoisotopic (exact) mass is 405 g/mol. The molecule has 0 aliphatic carbocycles. The fourth-order valence-electron chi connectivity index (χ4n) is 3.69. The van der Waals surface area contributed by atoms with Crippen LogP contribution in [0.4, 0.5) is 13.2 Å². The number of halogens is 3. The Morgan fingerprint density at radius 2 is 1.85 bits per heavy atom. The summed E-state index contributed by atoms with van der Waals surface area (Å²) in [6.45, 7) is 0.379. The van der Waals surface area contributed by atoms with Crippen LogP contribution in [0.5, 0.6) is 0 Å². The van der Waals surface area contributed by atoms with Crippen LogP contribution in [0.15, 0.2) is 29.4 Å². The van der Waals surface area contributed by atoms with E-state index in [9.17, 15) is 26.4 Å². The average Bonchev–Trinajstić information content (AvgIpc) is 2.67.